The van der Waals surface area contributed by atoms with Crippen molar-refractivity contribution in [2.45, 2.75) is 26.2 Å². The number of ether oxygens (including phenoxy) is 1. The van der Waals surface area contributed by atoms with Crippen molar-refractivity contribution in [1.29, 1.82) is 0 Å². The Kier molecular flexibility index (Phi) is 3.30. The summed E-state index contributed by atoms with van der Waals surface area (Å²) in [6.07, 6.45) is 0. The number of aryl methyl sites for hydroxylation is 1. The maximum Gasteiger partial charge on any atom is 0.319 e. The average molecular weight is 264 g/mol. The highest BCUT2D eigenvalue weighted by Crippen LogP contribution is 2.27. The molecule has 0 bridgehead atoms. The third-order valence-electron chi connectivity index (χ3n) is 3.19. The summed E-state index contributed by atoms with van der Waals surface area (Å²) < 4.78 is 20.1. The molecular formula is C14H17FN2O2. The average Bonchev–Trinajstić information content (AvgIpc) is 2.68. The zero-order chi connectivity index (χ0) is 14.2. The molecule has 19 heavy (non-hydrogen) atoms. The van der Waals surface area contributed by atoms with Gasteiger partial charge >= 0.3 is 5.97 Å². The molecule has 0 aliphatic carbocycles. The van der Waals surface area contributed by atoms with E-state index in [9.17, 15) is 9.18 Å². The van der Waals surface area contributed by atoms with E-state index in [1.165, 1.54) is 12.1 Å². The lowest BCUT2D eigenvalue weighted by Crippen LogP contribution is -2.33. The maximum absolute atomic E-state index is 13.3. The molecule has 0 saturated heterocycles. The van der Waals surface area contributed by atoms with E-state index in [-0.39, 0.29) is 11.8 Å². The number of halogens is 1. The number of esters is 1. The lowest BCUT2D eigenvalue weighted by atomic mass is 9.92. The van der Waals surface area contributed by atoms with Gasteiger partial charge in [-0.2, -0.15) is 0 Å². The molecule has 0 fully saturated rings. The van der Waals surface area contributed by atoms with Crippen LogP contribution in [-0.2, 0) is 22.0 Å². The Hall–Kier alpha value is -1.91. The van der Waals surface area contributed by atoms with Crippen molar-refractivity contribution in [2.75, 3.05) is 6.61 Å². The predicted molar refractivity (Wildman–Crippen MR) is 70.3 cm³/mol. The molecule has 2 rings (SSSR count). The molecule has 0 unspecified atom stereocenters. The van der Waals surface area contributed by atoms with Crippen LogP contribution in [0.5, 0.6) is 0 Å². The number of rotatable bonds is 3. The fourth-order valence-corrected chi connectivity index (χ4v) is 2.12. The Morgan fingerprint density at radius 3 is 2.79 bits per heavy atom. The van der Waals surface area contributed by atoms with Crippen LogP contribution in [0.25, 0.3) is 11.0 Å². The van der Waals surface area contributed by atoms with E-state index in [1.807, 2.05) is 0 Å². The molecule has 5 heteroatoms. The van der Waals surface area contributed by atoms with E-state index in [4.69, 9.17) is 4.74 Å². The number of fused-ring (bicyclic) bond motifs is 1. The normalized spacial score (nSPS) is 11.8. The molecule has 0 radical (unpaired) electrons. The Morgan fingerprint density at radius 2 is 2.16 bits per heavy atom. The van der Waals surface area contributed by atoms with Crippen molar-refractivity contribution in [2.24, 2.45) is 7.05 Å². The highest BCUT2D eigenvalue weighted by atomic mass is 19.1. The van der Waals surface area contributed by atoms with Crippen molar-refractivity contribution in [3.05, 3.63) is 29.8 Å². The van der Waals surface area contributed by atoms with Gasteiger partial charge in [-0.05, 0) is 39.0 Å². The van der Waals surface area contributed by atoms with Crippen LogP contribution >= 0.6 is 0 Å². The van der Waals surface area contributed by atoms with Crippen LogP contribution in [-0.4, -0.2) is 22.1 Å². The van der Waals surface area contributed by atoms with Crippen molar-refractivity contribution in [3.8, 4) is 0 Å². The van der Waals surface area contributed by atoms with Gasteiger partial charge in [0.05, 0.1) is 17.6 Å². The minimum atomic E-state index is -0.875. The highest BCUT2D eigenvalue weighted by Gasteiger charge is 2.36. The number of benzene rings is 1. The zero-order valence-corrected chi connectivity index (χ0v) is 11.5. The highest BCUT2D eigenvalue weighted by molar-refractivity contribution is 5.84. The number of aromatic nitrogens is 2. The van der Waals surface area contributed by atoms with Gasteiger partial charge in [-0.25, -0.2) is 9.37 Å². The van der Waals surface area contributed by atoms with Crippen LogP contribution in [0, 0.1) is 5.82 Å². The van der Waals surface area contributed by atoms with Gasteiger partial charge in [-0.3, -0.25) is 4.79 Å². The van der Waals surface area contributed by atoms with Gasteiger partial charge in [-0.1, -0.05) is 0 Å². The van der Waals surface area contributed by atoms with Crippen LogP contribution in [0.1, 0.15) is 26.6 Å². The van der Waals surface area contributed by atoms with E-state index in [0.29, 0.717) is 23.5 Å². The minimum Gasteiger partial charge on any atom is -0.465 e. The van der Waals surface area contributed by atoms with Crippen LogP contribution in [0.2, 0.25) is 0 Å². The standard InChI is InChI=1S/C14H17FN2O2/c1-5-19-13(18)14(2,3)12-16-10-7-6-9(15)8-11(10)17(12)4/h6-8H,5H2,1-4H3. The first-order chi connectivity index (χ1) is 8.87. The molecule has 102 valence electrons. The summed E-state index contributed by atoms with van der Waals surface area (Å²) in [7, 11) is 1.77. The Balaban J connectivity index is 2.56. The summed E-state index contributed by atoms with van der Waals surface area (Å²) in [6, 6.07) is 4.37. The molecule has 1 heterocycles. The van der Waals surface area contributed by atoms with Crippen molar-refractivity contribution < 1.29 is 13.9 Å². The zero-order valence-electron chi connectivity index (χ0n) is 11.5. The van der Waals surface area contributed by atoms with Gasteiger partial charge in [0.25, 0.3) is 0 Å². The van der Waals surface area contributed by atoms with Gasteiger partial charge in [0.1, 0.15) is 17.1 Å². The lowest BCUT2D eigenvalue weighted by Gasteiger charge is -2.21. The van der Waals surface area contributed by atoms with Gasteiger partial charge in [0.2, 0.25) is 0 Å². The number of hydrogen-bond acceptors (Lipinski definition) is 3. The molecule has 0 N–H and O–H groups in total. The minimum absolute atomic E-state index is 0.320. The molecule has 1 aromatic carbocycles. The molecule has 0 aliphatic rings. The smallest absolute Gasteiger partial charge is 0.319 e. The summed E-state index contributed by atoms with van der Waals surface area (Å²) in [4.78, 5) is 16.4. The Bertz CT molecular complexity index is 632. The fraction of sp³-hybridized carbons (Fsp3) is 0.429. The summed E-state index contributed by atoms with van der Waals surface area (Å²) in [5.41, 5.74) is 0.448. The number of nitrogens with zero attached hydrogens (tertiary/aromatic N) is 2. The van der Waals surface area contributed by atoms with Gasteiger partial charge in [-0.15, -0.1) is 0 Å². The largest absolute Gasteiger partial charge is 0.465 e. The second-order valence-corrected chi connectivity index (χ2v) is 4.97. The predicted octanol–water partition coefficient (Wildman–Crippen LogP) is 2.55. The quantitative estimate of drug-likeness (QED) is 0.800. The molecule has 0 atom stereocenters. The van der Waals surface area contributed by atoms with Crippen molar-refractivity contribution in [1.82, 2.24) is 9.55 Å². The van der Waals surface area contributed by atoms with E-state index >= 15 is 0 Å². The van der Waals surface area contributed by atoms with E-state index in [0.717, 1.165) is 0 Å². The maximum atomic E-state index is 13.3. The first-order valence-electron chi connectivity index (χ1n) is 6.17. The molecule has 1 aromatic heterocycles. The lowest BCUT2D eigenvalue weighted by molar-refractivity contribution is -0.149. The molecular weight excluding hydrogens is 247 g/mol. The SMILES string of the molecule is CCOC(=O)C(C)(C)c1nc2ccc(F)cc2n1C. The number of imidazole rings is 1. The molecule has 0 aliphatic heterocycles. The number of hydrogen-bond donors (Lipinski definition) is 0. The third-order valence-corrected chi connectivity index (χ3v) is 3.19. The van der Waals surface area contributed by atoms with Crippen LogP contribution < -0.4 is 0 Å². The van der Waals surface area contributed by atoms with Crippen molar-refractivity contribution >= 4 is 17.0 Å². The molecule has 4 nitrogen and oxygen atoms in total. The van der Waals surface area contributed by atoms with E-state index in [1.54, 1.807) is 38.5 Å². The topological polar surface area (TPSA) is 44.1 Å². The first-order valence-corrected chi connectivity index (χ1v) is 6.17. The Labute approximate surface area is 111 Å². The molecule has 0 spiro atoms. The third kappa shape index (κ3) is 2.20. The first kappa shape index (κ1) is 13.5. The van der Waals surface area contributed by atoms with Gasteiger partial charge in [0, 0.05) is 7.05 Å². The summed E-state index contributed by atoms with van der Waals surface area (Å²) >= 11 is 0. The van der Waals surface area contributed by atoms with Crippen molar-refractivity contribution in [3.63, 3.8) is 0 Å². The second kappa shape index (κ2) is 4.64. The molecule has 0 amide bonds. The summed E-state index contributed by atoms with van der Waals surface area (Å²) in [5, 5.41) is 0. The molecule has 0 saturated carbocycles. The summed E-state index contributed by atoms with van der Waals surface area (Å²) in [6.45, 7) is 5.59. The van der Waals surface area contributed by atoms with Crippen LogP contribution in [0.3, 0.4) is 0 Å². The monoisotopic (exact) mass is 264 g/mol. The summed E-state index contributed by atoms with van der Waals surface area (Å²) in [5.74, 6) is -0.101. The second-order valence-electron chi connectivity index (χ2n) is 4.97. The van der Waals surface area contributed by atoms with Gasteiger partial charge < -0.3 is 9.30 Å². The Morgan fingerprint density at radius 1 is 1.47 bits per heavy atom. The molecule has 2 aromatic rings. The van der Waals surface area contributed by atoms with Crippen LogP contribution in [0.4, 0.5) is 4.39 Å². The van der Waals surface area contributed by atoms with E-state index in [2.05, 4.69) is 4.98 Å². The van der Waals surface area contributed by atoms with Crippen LogP contribution in [0.15, 0.2) is 18.2 Å². The number of carbonyl (C=O) groups is 1. The van der Waals surface area contributed by atoms with Gasteiger partial charge in [0.15, 0.2) is 0 Å². The van der Waals surface area contributed by atoms with E-state index < -0.39 is 5.41 Å². The fourth-order valence-electron chi connectivity index (χ4n) is 2.12. The number of carbonyl (C=O) groups excluding carboxylic acids is 1.